The molecule has 16 heteroatoms. The fourth-order valence-corrected chi connectivity index (χ4v) is 4.45. The van der Waals surface area contributed by atoms with E-state index in [2.05, 4.69) is 0 Å². The third-order valence-electron chi connectivity index (χ3n) is 6.62. The summed E-state index contributed by atoms with van der Waals surface area (Å²) in [6.45, 7) is -0.322. The molecule has 7 nitrogen and oxygen atoms in total. The molecule has 3 unspecified atom stereocenters. The summed E-state index contributed by atoms with van der Waals surface area (Å²) in [4.78, 5) is 51.6. The van der Waals surface area contributed by atoms with E-state index in [0.717, 1.165) is 17.0 Å². The highest BCUT2D eigenvalue weighted by Gasteiger charge is 2.55. The van der Waals surface area contributed by atoms with Crippen molar-refractivity contribution in [3.8, 4) is 0 Å². The van der Waals surface area contributed by atoms with E-state index in [1.54, 1.807) is 0 Å². The molecular formula is C22H12B6ClF2N3O4. The molecular weight excluding hydrogens is 509 g/mol. The predicted octanol–water partition coefficient (Wildman–Crippen LogP) is -0.118. The number of benzene rings is 2. The van der Waals surface area contributed by atoms with Gasteiger partial charge in [0.25, 0.3) is 11.8 Å². The van der Waals surface area contributed by atoms with Gasteiger partial charge >= 0.3 is 5.92 Å². The van der Waals surface area contributed by atoms with Gasteiger partial charge in [-0.05, 0) is 40.5 Å². The number of fused-ring (bicyclic) bond motifs is 1. The highest BCUT2D eigenvalue weighted by Crippen LogP contribution is 2.43. The van der Waals surface area contributed by atoms with Crippen LogP contribution in [0.1, 0.15) is 27.0 Å². The van der Waals surface area contributed by atoms with Gasteiger partial charge in [-0.2, -0.15) is 8.78 Å². The summed E-state index contributed by atoms with van der Waals surface area (Å²) in [5, 5.41) is -0.211. The Labute approximate surface area is 229 Å². The zero-order valence-electron chi connectivity index (χ0n) is 19.5. The van der Waals surface area contributed by atoms with Crippen LogP contribution in [0.5, 0.6) is 0 Å². The Balaban J connectivity index is 1.60. The quantitative estimate of drug-likeness (QED) is 0.440. The molecule has 178 valence electrons. The Kier molecular flexibility index (Phi) is 6.92. The summed E-state index contributed by atoms with van der Waals surface area (Å²) < 4.78 is 29.5. The number of alkyl halides is 2. The summed E-state index contributed by atoms with van der Waals surface area (Å²) in [5.74, 6) is -11.6. The summed E-state index contributed by atoms with van der Waals surface area (Å²) in [7, 11) is 35.5. The first-order valence-electron chi connectivity index (χ1n) is 11.0. The minimum Gasteiger partial charge on any atom is -0.358 e. The van der Waals surface area contributed by atoms with E-state index in [1.807, 2.05) is 5.32 Å². The van der Waals surface area contributed by atoms with Crippen molar-refractivity contribution in [3.05, 3.63) is 69.7 Å². The number of nitrogens with zero attached hydrogens (tertiary/aromatic N) is 2. The van der Waals surface area contributed by atoms with Crippen molar-refractivity contribution >= 4 is 82.4 Å². The Morgan fingerprint density at radius 1 is 1.05 bits per heavy atom. The molecule has 0 aliphatic carbocycles. The van der Waals surface area contributed by atoms with Crippen LogP contribution in [-0.4, -0.2) is 86.0 Å². The number of piperidine rings is 1. The predicted molar refractivity (Wildman–Crippen MR) is 138 cm³/mol. The van der Waals surface area contributed by atoms with Crippen molar-refractivity contribution in [1.82, 2.24) is 15.0 Å². The number of imide groups is 1. The normalized spacial score (nSPS) is 23.9. The molecule has 2 aliphatic rings. The maximum absolute atomic E-state index is 14.7. The molecule has 38 heavy (non-hydrogen) atoms. The molecule has 2 heterocycles. The maximum Gasteiger partial charge on any atom is 0.349 e. The van der Waals surface area contributed by atoms with Crippen LogP contribution in [-0.2, 0) is 32.2 Å². The number of amides is 4. The van der Waals surface area contributed by atoms with Crippen molar-refractivity contribution in [2.45, 2.75) is 34.9 Å². The van der Waals surface area contributed by atoms with Gasteiger partial charge < -0.3 is 15.0 Å². The summed E-state index contributed by atoms with van der Waals surface area (Å²) in [6, 6.07) is 8.12. The minimum atomic E-state index is -4.01. The van der Waals surface area contributed by atoms with E-state index in [0.29, 0.717) is 0 Å². The van der Waals surface area contributed by atoms with Crippen LogP contribution in [0.2, 0.25) is 16.7 Å². The average Bonchev–Trinajstić information content (AvgIpc) is 3.21. The van der Waals surface area contributed by atoms with Crippen LogP contribution in [0.4, 0.5) is 8.78 Å². The van der Waals surface area contributed by atoms with Crippen molar-refractivity contribution in [1.29, 1.82) is 0 Å². The largest absolute Gasteiger partial charge is 0.358 e. The van der Waals surface area contributed by atoms with Crippen LogP contribution < -0.4 is 5.32 Å². The standard InChI is InChI=1S/C22H12B6ClF2N3O4/c23-14-15(24)20(25,19(38)34(28)17(14)36)33-8-9-7-11(3-6-13(9)16(33)35)22(26,27)32-18(37)21(30,31)10-1-4-12(29)5-2-10/h1-7,14-15H,8H2,(H,32,37). The second kappa shape index (κ2) is 9.36. The molecule has 4 rings (SSSR count). The fourth-order valence-electron chi connectivity index (χ4n) is 4.32. The molecule has 2 aromatic rings. The third kappa shape index (κ3) is 4.28. The average molecular weight is 521 g/mol. The zero-order valence-corrected chi connectivity index (χ0v) is 20.3. The van der Waals surface area contributed by atoms with Gasteiger partial charge in [-0.25, -0.2) is 0 Å². The number of halogens is 3. The SMILES string of the molecule is [B]C1C(=O)N([B])C(=O)C([B])(N2Cc3cc(C([B])([B])NC(=O)C(F)(F)c4ccc(Cl)cc4)ccc3C2=O)C1[B]. The highest BCUT2D eigenvalue weighted by molar-refractivity contribution is 6.47. The van der Waals surface area contributed by atoms with E-state index in [4.69, 9.17) is 58.8 Å². The second-order valence-electron chi connectivity index (χ2n) is 9.06. The van der Waals surface area contributed by atoms with Crippen molar-refractivity contribution in [2.24, 2.45) is 0 Å². The fraction of sp³-hybridized carbons (Fsp3) is 0.273. The Hall–Kier alpha value is -2.94. The van der Waals surface area contributed by atoms with Gasteiger partial charge in [-0.3, -0.25) is 19.2 Å². The van der Waals surface area contributed by atoms with Gasteiger partial charge in [0, 0.05) is 22.7 Å². The molecule has 2 aliphatic heterocycles. The van der Waals surface area contributed by atoms with Crippen molar-refractivity contribution < 1.29 is 28.0 Å². The van der Waals surface area contributed by atoms with Gasteiger partial charge in [0.2, 0.25) is 19.8 Å². The minimum absolute atomic E-state index is 0.0520. The van der Waals surface area contributed by atoms with Gasteiger partial charge in [-0.15, -0.1) is 0 Å². The molecule has 1 saturated heterocycles. The van der Waals surface area contributed by atoms with Crippen molar-refractivity contribution in [2.75, 3.05) is 0 Å². The maximum atomic E-state index is 14.7. The van der Waals surface area contributed by atoms with E-state index in [9.17, 15) is 28.0 Å². The lowest BCUT2D eigenvalue weighted by Crippen LogP contribution is -2.68. The van der Waals surface area contributed by atoms with Gasteiger partial charge in [-0.1, -0.05) is 41.7 Å². The van der Waals surface area contributed by atoms with E-state index in [1.165, 1.54) is 30.3 Å². The third-order valence-corrected chi connectivity index (χ3v) is 6.88. The topological polar surface area (TPSA) is 86.8 Å². The van der Waals surface area contributed by atoms with Crippen LogP contribution in [0, 0.1) is 0 Å². The number of carbonyl (C=O) groups excluding carboxylic acids is 4. The Morgan fingerprint density at radius 3 is 2.24 bits per heavy atom. The van der Waals surface area contributed by atoms with Gasteiger partial charge in [0.15, 0.2) is 0 Å². The molecule has 3 atom stereocenters. The number of hydrogen-bond acceptors (Lipinski definition) is 4. The molecule has 4 amide bonds. The molecule has 12 radical (unpaired) electrons. The Bertz CT molecular complexity index is 1370. The first kappa shape index (κ1) is 28.1. The lowest BCUT2D eigenvalue weighted by Gasteiger charge is -2.51. The Morgan fingerprint density at radius 2 is 1.63 bits per heavy atom. The molecule has 0 saturated carbocycles. The summed E-state index contributed by atoms with van der Waals surface area (Å²) in [6.07, 6.45) is 0. The smallest absolute Gasteiger partial charge is 0.349 e. The zero-order chi connectivity index (χ0) is 28.4. The van der Waals surface area contributed by atoms with Gasteiger partial charge in [0.1, 0.15) is 7.85 Å². The lowest BCUT2D eigenvalue weighted by atomic mass is 9.48. The van der Waals surface area contributed by atoms with Crippen LogP contribution in [0.25, 0.3) is 0 Å². The summed E-state index contributed by atoms with van der Waals surface area (Å²) >= 11 is 5.71. The van der Waals surface area contributed by atoms with E-state index < -0.39 is 57.5 Å². The summed E-state index contributed by atoms with van der Waals surface area (Å²) in [5.41, 5.74) is -2.69. The van der Waals surface area contributed by atoms with Crippen LogP contribution in [0.3, 0.4) is 0 Å². The second-order valence-corrected chi connectivity index (χ2v) is 9.49. The monoisotopic (exact) mass is 521 g/mol. The number of nitrogens with one attached hydrogen (secondary N) is 1. The molecule has 1 N–H and O–H groups in total. The number of carbonyl (C=O) groups is 4. The molecule has 0 spiro atoms. The first-order chi connectivity index (χ1) is 17.5. The van der Waals surface area contributed by atoms with E-state index in [-0.39, 0.29) is 33.1 Å². The van der Waals surface area contributed by atoms with Crippen LogP contribution in [0.15, 0.2) is 42.5 Å². The molecule has 2 aromatic carbocycles. The lowest BCUT2D eigenvalue weighted by molar-refractivity contribution is -0.148. The first-order valence-corrected chi connectivity index (χ1v) is 11.3. The number of rotatable bonds is 5. The molecule has 0 aromatic heterocycles. The van der Waals surface area contributed by atoms with E-state index >= 15 is 0 Å². The number of hydrogen-bond donors (Lipinski definition) is 1. The molecule has 0 bridgehead atoms. The molecule has 1 fully saturated rings. The highest BCUT2D eigenvalue weighted by atomic mass is 35.5. The van der Waals surface area contributed by atoms with Crippen LogP contribution >= 0.6 is 11.6 Å². The van der Waals surface area contributed by atoms with Gasteiger partial charge in [0.05, 0.1) is 36.8 Å². The van der Waals surface area contributed by atoms with Crippen molar-refractivity contribution in [3.63, 3.8) is 0 Å².